The van der Waals surface area contributed by atoms with Crippen molar-refractivity contribution in [3.8, 4) is 0 Å². The van der Waals surface area contributed by atoms with E-state index in [1.165, 1.54) is 62.0 Å². The summed E-state index contributed by atoms with van der Waals surface area (Å²) >= 11 is 4.23. The molecule has 0 amide bonds. The van der Waals surface area contributed by atoms with E-state index < -0.39 is 20.5 Å². The first-order chi connectivity index (χ1) is 12.8. The minimum atomic E-state index is -4.94. The average molecular weight is 554 g/mol. The van der Waals surface area contributed by atoms with Crippen molar-refractivity contribution in [3.05, 3.63) is 0 Å². The maximum Gasteiger partial charge on any atom is 2.00 e. The van der Waals surface area contributed by atoms with Crippen LogP contribution in [-0.2, 0) is 17.1 Å². The van der Waals surface area contributed by atoms with Gasteiger partial charge in [0, 0.05) is 37.7 Å². The molecule has 181 valence electrons. The van der Waals surface area contributed by atoms with Crippen LogP contribution in [-0.4, -0.2) is 79.1 Å². The van der Waals surface area contributed by atoms with Crippen LogP contribution < -0.4 is 43.0 Å². The van der Waals surface area contributed by atoms with E-state index in [-0.39, 0.29) is 17.1 Å². The molecule has 1 radical (unpaired) electrons. The number of hydrogen-bond acceptors (Lipinski definition) is 13. The van der Waals surface area contributed by atoms with Crippen molar-refractivity contribution in [2.75, 3.05) is 69.3 Å². The van der Waals surface area contributed by atoms with Gasteiger partial charge in [-0.1, -0.05) is 0 Å². The maximum atomic E-state index is 8.49. The van der Waals surface area contributed by atoms with Gasteiger partial charge >= 0.3 is 17.1 Å². The van der Waals surface area contributed by atoms with Gasteiger partial charge in [0.2, 0.25) is 0 Å². The molecule has 1 aliphatic heterocycles. The second-order valence-corrected chi connectivity index (χ2v) is 9.58. The Bertz CT molecular complexity index is 337. The fraction of sp³-hybridized carbons (Fsp3) is 1.00. The number of halogens is 2. The molecule has 11 nitrogen and oxygen atoms in total. The fourth-order valence-corrected chi connectivity index (χ4v) is 4.11. The molecule has 16 heteroatoms. The van der Waals surface area contributed by atoms with E-state index in [9.17, 15) is 0 Å². The Morgan fingerprint density at radius 3 is 1.55 bits per heavy atom. The van der Waals surface area contributed by atoms with E-state index in [1.54, 1.807) is 0 Å². The third kappa shape index (κ3) is 44.0. The molecule has 0 aliphatic carbocycles. The smallest absolute Gasteiger partial charge is 0.329 e. The predicted octanol–water partition coefficient (Wildman–Crippen LogP) is -8.08. The Labute approximate surface area is 195 Å². The van der Waals surface area contributed by atoms with Gasteiger partial charge in [0.25, 0.3) is 0 Å². The summed E-state index contributed by atoms with van der Waals surface area (Å²) in [5.74, 6) is 5.26. The Morgan fingerprint density at radius 2 is 1.14 bits per heavy atom. The van der Waals surface area contributed by atoms with Gasteiger partial charge in [-0.05, 0) is 44.5 Å². The molecule has 1 saturated heterocycles. The van der Waals surface area contributed by atoms with Crippen molar-refractivity contribution in [1.29, 1.82) is 0 Å². The number of nitrogens with zero attached hydrogens (tertiary/aromatic N) is 2. The van der Waals surface area contributed by atoms with Crippen molar-refractivity contribution >= 4 is 23.5 Å². The molecular formula is C13H29Cl2CuN3O8S2. The van der Waals surface area contributed by atoms with Gasteiger partial charge in [-0.15, -0.1) is 20.5 Å². The fourth-order valence-electron chi connectivity index (χ4n) is 2.09. The molecule has 0 aromatic rings. The van der Waals surface area contributed by atoms with Crippen LogP contribution in [0.15, 0.2) is 0 Å². The summed E-state index contributed by atoms with van der Waals surface area (Å²) < 4.78 is 67.9. The van der Waals surface area contributed by atoms with Crippen LogP contribution in [0.25, 0.3) is 0 Å². The third-order valence-electron chi connectivity index (χ3n) is 3.21. The van der Waals surface area contributed by atoms with E-state index in [0.29, 0.717) is 0 Å². The summed E-state index contributed by atoms with van der Waals surface area (Å²) in [4.78, 5) is 4.99. The van der Waals surface area contributed by atoms with Gasteiger partial charge in [0.15, 0.2) is 0 Å². The Balaban J connectivity index is -0.000000512. The number of rotatable bonds is 2. The third-order valence-corrected chi connectivity index (χ3v) is 5.61. The molecule has 0 aromatic carbocycles. The first-order valence-electron chi connectivity index (χ1n) is 8.33. The van der Waals surface area contributed by atoms with Crippen molar-refractivity contribution in [2.24, 2.45) is 5.73 Å². The Morgan fingerprint density at radius 1 is 0.724 bits per heavy atom. The quantitative estimate of drug-likeness (QED) is 0.314. The van der Waals surface area contributed by atoms with Crippen LogP contribution in [0.5, 0.6) is 0 Å². The molecule has 1 heterocycles. The second-order valence-electron chi connectivity index (χ2n) is 5.62. The minimum absolute atomic E-state index is 0. The van der Waals surface area contributed by atoms with E-state index in [0.717, 1.165) is 13.1 Å². The van der Waals surface area contributed by atoms with Gasteiger partial charge in [-0.2, -0.15) is 23.5 Å². The largest absolute Gasteiger partial charge is 2.00 e. The summed E-state index contributed by atoms with van der Waals surface area (Å²) in [6, 6.07) is 0. The Hall–Kier alpha value is 1.36. The van der Waals surface area contributed by atoms with Crippen LogP contribution in [0.3, 0.4) is 0 Å². The van der Waals surface area contributed by atoms with Crippen LogP contribution in [0, 0.1) is 20.5 Å². The van der Waals surface area contributed by atoms with Gasteiger partial charge in [0.1, 0.15) is 0 Å². The molecule has 0 saturated carbocycles. The molecule has 0 unspecified atom stereocenters. The molecule has 0 spiro atoms. The van der Waals surface area contributed by atoms with Gasteiger partial charge in [0.05, 0.1) is 0 Å². The van der Waals surface area contributed by atoms with Crippen molar-refractivity contribution < 1.29 is 74.8 Å². The zero-order valence-corrected chi connectivity index (χ0v) is 20.2. The van der Waals surface area contributed by atoms with Crippen LogP contribution in [0.2, 0.25) is 0 Å². The maximum absolute atomic E-state index is 8.49. The van der Waals surface area contributed by atoms with E-state index in [1.807, 2.05) is 0 Å². The van der Waals surface area contributed by atoms with Crippen molar-refractivity contribution in [3.63, 3.8) is 0 Å². The molecular weight excluding hydrogens is 525 g/mol. The first kappa shape index (κ1) is 35.0. The minimum Gasteiger partial charge on any atom is -0.329 e. The summed E-state index contributed by atoms with van der Waals surface area (Å²) in [6.07, 6.45) is 2.63. The normalized spacial score (nSPS) is 18.8. The summed E-state index contributed by atoms with van der Waals surface area (Å²) in [5, 5.41) is 0. The number of thioether (sulfide) groups is 2. The van der Waals surface area contributed by atoms with E-state index >= 15 is 0 Å². The van der Waals surface area contributed by atoms with Crippen molar-refractivity contribution in [2.45, 2.75) is 12.8 Å². The number of likely N-dealkylation sites (N-methyl/N-ethyl adjacent to an activating group) is 1. The molecule has 0 aromatic heterocycles. The Kier molecular flexibility index (Phi) is 25.6. The number of hydrogen-bond donors (Lipinski definition) is 1. The zero-order chi connectivity index (χ0) is 22.1. The molecule has 29 heavy (non-hydrogen) atoms. The monoisotopic (exact) mass is 552 g/mol. The average Bonchev–Trinajstić information content (AvgIpc) is 2.50. The van der Waals surface area contributed by atoms with Crippen LogP contribution >= 0.6 is 23.5 Å². The molecule has 1 aliphatic rings. The van der Waals surface area contributed by atoms with Gasteiger partial charge in [-0.3, -0.25) is 0 Å². The second kappa shape index (κ2) is 21.2. The topological polar surface area (TPSA) is 217 Å². The predicted molar refractivity (Wildman–Crippen MR) is 86.9 cm³/mol. The zero-order valence-electron chi connectivity index (χ0n) is 16.1. The van der Waals surface area contributed by atoms with Gasteiger partial charge < -0.3 is 15.5 Å². The van der Waals surface area contributed by atoms with Gasteiger partial charge in [-0.25, -0.2) is 37.3 Å². The van der Waals surface area contributed by atoms with E-state index in [4.69, 9.17) is 43.0 Å². The first-order valence-corrected chi connectivity index (χ1v) is 13.1. The molecule has 2 N–H and O–H groups in total. The molecule has 0 atom stereocenters. The standard InChI is InChI=1S/C13H29N3S2.2ClHO4.Cu/c1-15-5-2-10-17-12-13-18-11-3-6-16(7-4-14)9-8-15;2*2-1(3,4)5;/h2-14H2,1H3;2*(H,2,3,4,5);/q;;;+2/p-2. The number of nitrogens with two attached hydrogens (primary N) is 1. The summed E-state index contributed by atoms with van der Waals surface area (Å²) in [5.41, 5.74) is 5.69. The summed E-state index contributed by atoms with van der Waals surface area (Å²) in [7, 11) is -7.65. The van der Waals surface area contributed by atoms with E-state index in [2.05, 4.69) is 40.4 Å². The summed E-state index contributed by atoms with van der Waals surface area (Å²) in [6.45, 7) is 6.63. The van der Waals surface area contributed by atoms with Crippen molar-refractivity contribution in [1.82, 2.24) is 9.80 Å². The molecule has 0 bridgehead atoms. The SMILES string of the molecule is CN1CCCSCCSCCCN(CCN)CC1.[Cu+2].[O-][Cl+3]([O-])([O-])[O-].[O-][Cl+3]([O-])([O-])[O-]. The van der Waals surface area contributed by atoms with Crippen LogP contribution in [0.1, 0.15) is 12.8 Å². The molecule has 1 fully saturated rings. The van der Waals surface area contributed by atoms with Crippen LogP contribution in [0.4, 0.5) is 0 Å². The molecule has 1 rings (SSSR count).